The molecule has 88 valence electrons. The number of carbonyl (C=O) groups is 2. The summed E-state index contributed by atoms with van der Waals surface area (Å²) in [6.45, 7) is 2.47. The predicted octanol–water partition coefficient (Wildman–Crippen LogP) is 0.447. The molecule has 0 unspecified atom stereocenters. The average molecular weight is 263 g/mol. The molecule has 0 bridgehead atoms. The zero-order valence-electron chi connectivity index (χ0n) is 8.62. The van der Waals surface area contributed by atoms with E-state index in [1.165, 1.54) is 0 Å². The van der Waals surface area contributed by atoms with Crippen LogP contribution in [0.2, 0.25) is 4.47 Å². The Kier molecular flexibility index (Phi) is 5.13. The molecule has 0 saturated heterocycles. The summed E-state index contributed by atoms with van der Waals surface area (Å²) in [6, 6.07) is 0. The zero-order chi connectivity index (χ0) is 12.0. The fourth-order valence-electron chi connectivity index (χ4n) is 0.860. The van der Waals surface area contributed by atoms with Gasteiger partial charge in [-0.1, -0.05) is 18.3 Å². The molecule has 1 rings (SSSR count). The van der Waals surface area contributed by atoms with Crippen molar-refractivity contribution >= 4 is 34.8 Å². The molecule has 0 radical (unpaired) electrons. The highest BCUT2D eigenvalue weighted by Crippen LogP contribution is 2.14. The van der Waals surface area contributed by atoms with Gasteiger partial charge in [-0.25, -0.2) is 0 Å². The number of aromatic nitrogens is 2. The Morgan fingerprint density at radius 3 is 2.69 bits per heavy atom. The average Bonchev–Trinajstić information content (AvgIpc) is 2.69. The van der Waals surface area contributed by atoms with E-state index in [9.17, 15) is 9.59 Å². The molecule has 1 aromatic rings. The molecule has 16 heavy (non-hydrogen) atoms. The Bertz CT molecular complexity index is 382. The number of hydrogen-bond donors (Lipinski definition) is 2. The van der Waals surface area contributed by atoms with Crippen LogP contribution in [0.25, 0.3) is 0 Å². The smallest absolute Gasteiger partial charge is 0.282 e. The second kappa shape index (κ2) is 6.39. The van der Waals surface area contributed by atoms with E-state index in [-0.39, 0.29) is 21.9 Å². The van der Waals surface area contributed by atoms with Gasteiger partial charge >= 0.3 is 0 Å². The summed E-state index contributed by atoms with van der Waals surface area (Å²) in [6.07, 6.45) is 0.853. The second-order valence-electron chi connectivity index (χ2n) is 2.89. The maximum atomic E-state index is 11.4. The maximum absolute atomic E-state index is 11.4. The van der Waals surface area contributed by atoms with E-state index in [0.717, 1.165) is 17.8 Å². The minimum absolute atomic E-state index is 0.0734. The fourth-order valence-corrected chi connectivity index (χ4v) is 1.60. The molecule has 1 aromatic heterocycles. The minimum atomic E-state index is -0.448. The van der Waals surface area contributed by atoms with Crippen molar-refractivity contribution in [2.24, 2.45) is 0 Å². The molecule has 0 aromatic carbocycles. The van der Waals surface area contributed by atoms with Crippen LogP contribution in [0.4, 0.5) is 0 Å². The van der Waals surface area contributed by atoms with Crippen LogP contribution < -0.4 is 10.6 Å². The van der Waals surface area contributed by atoms with Gasteiger partial charge in [0.25, 0.3) is 5.91 Å². The van der Waals surface area contributed by atoms with Crippen LogP contribution in [0.5, 0.6) is 0 Å². The van der Waals surface area contributed by atoms with Crippen molar-refractivity contribution < 1.29 is 9.59 Å². The molecule has 2 amide bonds. The summed E-state index contributed by atoms with van der Waals surface area (Å²) in [5.74, 6) is -0.679. The zero-order valence-corrected chi connectivity index (χ0v) is 10.2. The van der Waals surface area contributed by atoms with Gasteiger partial charge in [0.1, 0.15) is 0 Å². The normalized spacial score (nSPS) is 9.88. The molecule has 1 heterocycles. The Morgan fingerprint density at radius 2 is 2.12 bits per heavy atom. The Labute approximate surface area is 101 Å². The van der Waals surface area contributed by atoms with Crippen molar-refractivity contribution in [3.8, 4) is 0 Å². The highest BCUT2D eigenvalue weighted by Gasteiger charge is 2.12. The number of carbonyl (C=O) groups excluding carboxylic acids is 2. The molecule has 0 aliphatic rings. The lowest BCUT2D eigenvalue weighted by Crippen LogP contribution is -2.37. The summed E-state index contributed by atoms with van der Waals surface area (Å²) >= 11 is 6.49. The molecule has 6 nitrogen and oxygen atoms in total. The van der Waals surface area contributed by atoms with Crippen LogP contribution in [0.1, 0.15) is 23.1 Å². The number of halogens is 1. The van der Waals surface area contributed by atoms with Crippen LogP contribution >= 0.6 is 22.9 Å². The summed E-state index contributed by atoms with van der Waals surface area (Å²) in [7, 11) is 0. The maximum Gasteiger partial charge on any atom is 0.282 e. The van der Waals surface area contributed by atoms with E-state index < -0.39 is 5.91 Å². The second-order valence-corrected chi connectivity index (χ2v) is 4.45. The van der Waals surface area contributed by atoms with E-state index in [1.807, 2.05) is 6.92 Å². The van der Waals surface area contributed by atoms with Crippen LogP contribution in [-0.4, -0.2) is 35.1 Å². The first-order valence-electron chi connectivity index (χ1n) is 4.67. The van der Waals surface area contributed by atoms with E-state index in [4.69, 9.17) is 11.6 Å². The van der Waals surface area contributed by atoms with Crippen LogP contribution in [0.15, 0.2) is 0 Å². The third-order valence-corrected chi connectivity index (χ3v) is 2.59. The fraction of sp³-hybridized carbons (Fsp3) is 0.500. The van der Waals surface area contributed by atoms with E-state index >= 15 is 0 Å². The highest BCUT2D eigenvalue weighted by molar-refractivity contribution is 7.17. The molecule has 8 heteroatoms. The summed E-state index contributed by atoms with van der Waals surface area (Å²) in [5.41, 5.74) is 0. The molecule has 0 aliphatic heterocycles. The first kappa shape index (κ1) is 12.9. The van der Waals surface area contributed by atoms with Gasteiger partial charge in [0.05, 0.1) is 6.54 Å². The summed E-state index contributed by atoms with van der Waals surface area (Å²) in [4.78, 5) is 22.6. The molecular weight excluding hydrogens is 252 g/mol. The van der Waals surface area contributed by atoms with Gasteiger partial charge in [0.2, 0.25) is 15.4 Å². The number of amides is 2. The SMILES string of the molecule is CCCNC(=O)CNC(=O)c1nnc(Cl)s1. The standard InChI is InChI=1S/C8H11ClN4O2S/c1-2-3-10-5(14)4-11-6(15)7-12-13-8(9)16-7/h2-4H2,1H3,(H,10,14)(H,11,15). The van der Waals surface area contributed by atoms with Gasteiger partial charge in [-0.3, -0.25) is 9.59 Å². The molecule has 0 spiro atoms. The van der Waals surface area contributed by atoms with Crippen LogP contribution in [0.3, 0.4) is 0 Å². The van der Waals surface area contributed by atoms with Crippen molar-refractivity contribution in [1.82, 2.24) is 20.8 Å². The lowest BCUT2D eigenvalue weighted by Gasteiger charge is -2.03. The van der Waals surface area contributed by atoms with E-state index in [2.05, 4.69) is 20.8 Å². The van der Waals surface area contributed by atoms with Crippen molar-refractivity contribution in [3.63, 3.8) is 0 Å². The number of rotatable bonds is 5. The topological polar surface area (TPSA) is 84.0 Å². The van der Waals surface area contributed by atoms with Gasteiger partial charge < -0.3 is 10.6 Å². The first-order chi connectivity index (χ1) is 7.63. The lowest BCUT2D eigenvalue weighted by molar-refractivity contribution is -0.120. The van der Waals surface area contributed by atoms with Crippen molar-refractivity contribution in [1.29, 1.82) is 0 Å². The van der Waals surface area contributed by atoms with Gasteiger partial charge in [-0.05, 0) is 18.0 Å². The summed E-state index contributed by atoms with van der Waals surface area (Å²) in [5, 5.41) is 12.2. The molecule has 2 N–H and O–H groups in total. The van der Waals surface area contributed by atoms with Crippen LogP contribution in [0, 0.1) is 0 Å². The molecule has 0 aliphatic carbocycles. The monoisotopic (exact) mass is 262 g/mol. The third-order valence-electron chi connectivity index (χ3n) is 1.58. The Balaban J connectivity index is 2.33. The Morgan fingerprint density at radius 1 is 1.38 bits per heavy atom. The number of hydrogen-bond acceptors (Lipinski definition) is 5. The van der Waals surface area contributed by atoms with Crippen molar-refractivity contribution in [3.05, 3.63) is 9.47 Å². The minimum Gasteiger partial charge on any atom is -0.355 e. The Hall–Kier alpha value is -1.21. The van der Waals surface area contributed by atoms with Gasteiger partial charge in [-0.15, -0.1) is 10.2 Å². The third kappa shape index (κ3) is 4.11. The molecular formula is C8H11ClN4O2S. The highest BCUT2D eigenvalue weighted by atomic mass is 35.5. The lowest BCUT2D eigenvalue weighted by atomic mass is 10.4. The van der Waals surface area contributed by atoms with E-state index in [1.54, 1.807) is 0 Å². The summed E-state index contributed by atoms with van der Waals surface area (Å²) < 4.78 is 0.195. The van der Waals surface area contributed by atoms with Gasteiger partial charge in [0.15, 0.2) is 0 Å². The first-order valence-corrected chi connectivity index (χ1v) is 5.86. The molecule has 0 fully saturated rings. The predicted molar refractivity (Wildman–Crippen MR) is 60.6 cm³/mol. The molecule has 0 saturated carbocycles. The number of nitrogens with one attached hydrogen (secondary N) is 2. The quantitative estimate of drug-likeness (QED) is 0.807. The number of nitrogens with zero attached hydrogens (tertiary/aromatic N) is 2. The van der Waals surface area contributed by atoms with Crippen molar-refractivity contribution in [2.75, 3.05) is 13.1 Å². The van der Waals surface area contributed by atoms with E-state index in [0.29, 0.717) is 6.54 Å². The van der Waals surface area contributed by atoms with Gasteiger partial charge in [0, 0.05) is 6.54 Å². The molecule has 0 atom stereocenters. The van der Waals surface area contributed by atoms with Crippen molar-refractivity contribution in [2.45, 2.75) is 13.3 Å². The van der Waals surface area contributed by atoms with Gasteiger partial charge in [-0.2, -0.15) is 0 Å². The van der Waals surface area contributed by atoms with Crippen LogP contribution in [-0.2, 0) is 4.79 Å². The largest absolute Gasteiger partial charge is 0.355 e.